The van der Waals surface area contributed by atoms with Crippen LogP contribution in [-0.2, 0) is 4.79 Å². The summed E-state index contributed by atoms with van der Waals surface area (Å²) in [6.07, 6.45) is 2.40. The van der Waals surface area contributed by atoms with E-state index < -0.39 is 0 Å². The van der Waals surface area contributed by atoms with Crippen LogP contribution in [0.15, 0.2) is 28.7 Å². The lowest BCUT2D eigenvalue weighted by Crippen LogP contribution is -2.38. The summed E-state index contributed by atoms with van der Waals surface area (Å²) in [4.78, 5) is 25.2. The molecule has 0 spiro atoms. The van der Waals surface area contributed by atoms with Crippen LogP contribution in [0.5, 0.6) is 0 Å². The first-order valence-electron chi connectivity index (χ1n) is 7.64. The Labute approximate surface area is 139 Å². The molecule has 1 atom stereocenters. The first kappa shape index (κ1) is 16.8. The Balaban J connectivity index is 1.66. The number of likely N-dealkylation sites (tertiary alicyclic amines) is 1. The third kappa shape index (κ3) is 5.02. The van der Waals surface area contributed by atoms with Crippen LogP contribution in [0.1, 0.15) is 37.8 Å². The molecule has 1 aliphatic heterocycles. The van der Waals surface area contributed by atoms with Crippen molar-refractivity contribution in [1.29, 1.82) is 0 Å². The maximum atomic E-state index is 11.9. The predicted octanol–water partition coefficient (Wildman–Crippen LogP) is 2.82. The monoisotopic (exact) mass is 367 g/mol. The summed E-state index contributed by atoms with van der Waals surface area (Å²) in [5.41, 5.74) is 1.05. The van der Waals surface area contributed by atoms with Crippen LogP contribution >= 0.6 is 15.9 Å². The number of nitrogens with one attached hydrogen (secondary N) is 2. The normalized spacial score (nSPS) is 15.7. The number of hydrogen-bond acceptors (Lipinski definition) is 2. The van der Waals surface area contributed by atoms with Gasteiger partial charge in [-0.1, -0.05) is 28.1 Å². The van der Waals surface area contributed by atoms with Crippen LogP contribution in [0.4, 0.5) is 4.79 Å². The van der Waals surface area contributed by atoms with Crippen LogP contribution in [0, 0.1) is 0 Å². The number of carbonyl (C=O) groups excluding carboxylic acids is 2. The van der Waals surface area contributed by atoms with Crippen LogP contribution < -0.4 is 10.6 Å². The Bertz CT molecular complexity index is 536. The van der Waals surface area contributed by atoms with Crippen LogP contribution in [0.25, 0.3) is 0 Å². The van der Waals surface area contributed by atoms with E-state index in [-0.39, 0.29) is 18.0 Å². The van der Waals surface area contributed by atoms with E-state index in [9.17, 15) is 9.59 Å². The number of benzene rings is 1. The number of halogens is 1. The minimum Gasteiger partial charge on any atom is -0.343 e. The van der Waals surface area contributed by atoms with Crippen molar-refractivity contribution < 1.29 is 9.59 Å². The molecule has 2 N–H and O–H groups in total. The molecule has 0 radical (unpaired) electrons. The number of rotatable bonds is 6. The van der Waals surface area contributed by atoms with Crippen LogP contribution in [0.2, 0.25) is 0 Å². The standard InChI is InChI=1S/C16H22BrN3O2/c1-12(13-5-2-6-14(17)11-13)19-16(22)18-8-4-10-20-9-3-7-15(20)21/h2,5-6,11-12H,3-4,7-10H2,1H3,(H2,18,19,22). The smallest absolute Gasteiger partial charge is 0.315 e. The molecule has 1 heterocycles. The highest BCUT2D eigenvalue weighted by Gasteiger charge is 2.19. The molecule has 2 rings (SSSR count). The maximum absolute atomic E-state index is 11.9. The Morgan fingerprint density at radius 3 is 2.95 bits per heavy atom. The predicted molar refractivity (Wildman–Crippen MR) is 89.5 cm³/mol. The van der Waals surface area contributed by atoms with Crippen LogP contribution in [-0.4, -0.2) is 36.5 Å². The molecule has 1 aromatic carbocycles. The lowest BCUT2D eigenvalue weighted by molar-refractivity contribution is -0.127. The number of hydrogen-bond donors (Lipinski definition) is 2. The van der Waals surface area contributed by atoms with Gasteiger partial charge in [0.2, 0.25) is 5.91 Å². The summed E-state index contributed by atoms with van der Waals surface area (Å²) >= 11 is 3.42. The third-order valence-electron chi connectivity index (χ3n) is 3.76. The Morgan fingerprint density at radius 2 is 2.27 bits per heavy atom. The van der Waals surface area contributed by atoms with E-state index in [1.807, 2.05) is 36.1 Å². The minimum atomic E-state index is -0.180. The Hall–Kier alpha value is -1.56. The van der Waals surface area contributed by atoms with E-state index in [2.05, 4.69) is 26.6 Å². The molecule has 1 aromatic rings. The first-order valence-corrected chi connectivity index (χ1v) is 8.43. The number of nitrogens with zero attached hydrogens (tertiary/aromatic N) is 1. The van der Waals surface area contributed by atoms with Gasteiger partial charge in [0.1, 0.15) is 0 Å². The van der Waals surface area contributed by atoms with Crippen molar-refractivity contribution in [3.8, 4) is 0 Å². The summed E-state index contributed by atoms with van der Waals surface area (Å²) in [5.74, 6) is 0.229. The van der Waals surface area contributed by atoms with E-state index in [1.54, 1.807) is 0 Å². The second-order valence-electron chi connectivity index (χ2n) is 5.51. The second kappa shape index (κ2) is 8.17. The van der Waals surface area contributed by atoms with Gasteiger partial charge in [-0.15, -0.1) is 0 Å². The van der Waals surface area contributed by atoms with Gasteiger partial charge in [0.25, 0.3) is 0 Å². The number of urea groups is 1. The highest BCUT2D eigenvalue weighted by atomic mass is 79.9. The summed E-state index contributed by atoms with van der Waals surface area (Å²) in [6, 6.07) is 7.63. The zero-order valence-corrected chi connectivity index (χ0v) is 14.4. The zero-order chi connectivity index (χ0) is 15.9. The van der Waals surface area contributed by atoms with Gasteiger partial charge in [-0.3, -0.25) is 4.79 Å². The molecule has 0 bridgehead atoms. The zero-order valence-electron chi connectivity index (χ0n) is 12.8. The second-order valence-corrected chi connectivity index (χ2v) is 6.43. The average Bonchev–Trinajstić information content (AvgIpc) is 2.89. The topological polar surface area (TPSA) is 61.4 Å². The lowest BCUT2D eigenvalue weighted by Gasteiger charge is -2.17. The quantitative estimate of drug-likeness (QED) is 0.759. The molecular formula is C16H22BrN3O2. The third-order valence-corrected chi connectivity index (χ3v) is 4.25. The van der Waals surface area contributed by atoms with E-state index in [1.165, 1.54) is 0 Å². The van der Waals surface area contributed by atoms with Crippen molar-refractivity contribution in [2.75, 3.05) is 19.6 Å². The van der Waals surface area contributed by atoms with Crippen molar-refractivity contribution in [1.82, 2.24) is 15.5 Å². The molecule has 120 valence electrons. The van der Waals surface area contributed by atoms with Gasteiger partial charge < -0.3 is 15.5 Å². The average molecular weight is 368 g/mol. The van der Waals surface area contributed by atoms with Gasteiger partial charge in [0.15, 0.2) is 0 Å². The van der Waals surface area contributed by atoms with Gasteiger partial charge in [-0.05, 0) is 37.5 Å². The van der Waals surface area contributed by atoms with Crippen LogP contribution in [0.3, 0.4) is 0 Å². The van der Waals surface area contributed by atoms with Crippen molar-refractivity contribution in [2.24, 2.45) is 0 Å². The highest BCUT2D eigenvalue weighted by Crippen LogP contribution is 2.17. The lowest BCUT2D eigenvalue weighted by atomic mass is 10.1. The van der Waals surface area contributed by atoms with Crippen molar-refractivity contribution in [3.05, 3.63) is 34.3 Å². The molecule has 1 unspecified atom stereocenters. The summed E-state index contributed by atoms with van der Waals surface area (Å²) in [7, 11) is 0. The molecule has 0 saturated carbocycles. The van der Waals surface area contributed by atoms with Gasteiger partial charge in [-0.2, -0.15) is 0 Å². The highest BCUT2D eigenvalue weighted by molar-refractivity contribution is 9.10. The van der Waals surface area contributed by atoms with E-state index in [0.717, 1.165) is 36.0 Å². The molecule has 1 saturated heterocycles. The maximum Gasteiger partial charge on any atom is 0.315 e. The number of amides is 3. The number of carbonyl (C=O) groups is 2. The van der Waals surface area contributed by atoms with Crippen molar-refractivity contribution >= 4 is 27.9 Å². The van der Waals surface area contributed by atoms with E-state index >= 15 is 0 Å². The van der Waals surface area contributed by atoms with Crippen molar-refractivity contribution in [2.45, 2.75) is 32.2 Å². The Morgan fingerprint density at radius 1 is 1.45 bits per heavy atom. The molecule has 1 aliphatic rings. The molecule has 3 amide bonds. The molecule has 6 heteroatoms. The van der Waals surface area contributed by atoms with E-state index in [4.69, 9.17) is 0 Å². The molecule has 5 nitrogen and oxygen atoms in total. The molecule has 22 heavy (non-hydrogen) atoms. The van der Waals surface area contributed by atoms with E-state index in [0.29, 0.717) is 13.0 Å². The largest absolute Gasteiger partial charge is 0.343 e. The van der Waals surface area contributed by atoms with Gasteiger partial charge in [-0.25, -0.2) is 4.79 Å². The molecule has 1 fully saturated rings. The van der Waals surface area contributed by atoms with Gasteiger partial charge in [0, 0.05) is 30.5 Å². The minimum absolute atomic E-state index is 0.0577. The Kier molecular flexibility index (Phi) is 6.24. The first-order chi connectivity index (χ1) is 10.6. The van der Waals surface area contributed by atoms with Gasteiger partial charge in [0.05, 0.1) is 6.04 Å². The SMILES string of the molecule is CC(NC(=O)NCCCN1CCCC1=O)c1cccc(Br)c1. The fourth-order valence-electron chi connectivity index (χ4n) is 2.52. The summed E-state index contributed by atoms with van der Waals surface area (Å²) in [5, 5.41) is 5.75. The molecule has 0 aliphatic carbocycles. The fourth-order valence-corrected chi connectivity index (χ4v) is 2.94. The molecule has 0 aromatic heterocycles. The summed E-state index contributed by atoms with van der Waals surface area (Å²) < 4.78 is 0.995. The van der Waals surface area contributed by atoms with Crippen molar-refractivity contribution in [3.63, 3.8) is 0 Å². The fraction of sp³-hybridized carbons (Fsp3) is 0.500. The molecular weight excluding hydrogens is 346 g/mol. The van der Waals surface area contributed by atoms with Gasteiger partial charge >= 0.3 is 6.03 Å². The summed E-state index contributed by atoms with van der Waals surface area (Å²) in [6.45, 7) is 4.09.